The van der Waals surface area contributed by atoms with Crippen molar-refractivity contribution in [2.75, 3.05) is 0 Å². The lowest BCUT2D eigenvalue weighted by atomic mass is 10.1. The zero-order chi connectivity index (χ0) is 14.6. The van der Waals surface area contributed by atoms with E-state index in [9.17, 15) is 18.0 Å². The summed E-state index contributed by atoms with van der Waals surface area (Å²) in [6.07, 6.45) is -3.03. The van der Waals surface area contributed by atoms with Crippen LogP contribution >= 0.6 is 0 Å². The first-order valence-electron chi connectivity index (χ1n) is 5.90. The number of benzene rings is 1. The smallest absolute Gasteiger partial charge is 0.416 e. The normalized spacial score (nSPS) is 11.3. The number of furan rings is 1. The van der Waals surface area contributed by atoms with Crippen LogP contribution in [0.1, 0.15) is 16.9 Å². The van der Waals surface area contributed by atoms with Gasteiger partial charge in [-0.05, 0) is 23.8 Å². The molecular formula is C14H12F3NO2. The van der Waals surface area contributed by atoms with Crippen molar-refractivity contribution in [3.63, 3.8) is 0 Å². The predicted octanol–water partition coefficient (Wildman–Crippen LogP) is 3.16. The van der Waals surface area contributed by atoms with Crippen molar-refractivity contribution in [2.45, 2.75) is 19.1 Å². The third kappa shape index (κ3) is 3.88. The molecule has 1 aromatic carbocycles. The van der Waals surface area contributed by atoms with E-state index in [1.165, 1.54) is 18.4 Å². The summed E-state index contributed by atoms with van der Waals surface area (Å²) >= 11 is 0. The highest BCUT2D eigenvalue weighted by atomic mass is 19.4. The second-order valence-electron chi connectivity index (χ2n) is 4.23. The molecule has 0 aliphatic rings. The second-order valence-corrected chi connectivity index (χ2v) is 4.23. The lowest BCUT2D eigenvalue weighted by molar-refractivity contribution is -0.137. The Kier molecular flexibility index (Phi) is 4.12. The Morgan fingerprint density at radius 1 is 1.20 bits per heavy atom. The number of rotatable bonds is 4. The number of carbonyl (C=O) groups is 1. The van der Waals surface area contributed by atoms with E-state index in [-0.39, 0.29) is 18.9 Å². The van der Waals surface area contributed by atoms with E-state index in [0.717, 1.165) is 12.1 Å². The van der Waals surface area contributed by atoms with Crippen LogP contribution in [0.2, 0.25) is 0 Å². The maximum absolute atomic E-state index is 12.5. The zero-order valence-corrected chi connectivity index (χ0v) is 10.4. The molecule has 0 saturated carbocycles. The number of alkyl halides is 3. The summed E-state index contributed by atoms with van der Waals surface area (Å²) in [7, 11) is 0. The molecule has 6 heteroatoms. The molecule has 0 atom stereocenters. The molecule has 0 fully saturated rings. The maximum Gasteiger partial charge on any atom is 0.416 e. The van der Waals surface area contributed by atoms with Gasteiger partial charge in [0.15, 0.2) is 0 Å². The molecule has 1 aromatic heterocycles. The van der Waals surface area contributed by atoms with Crippen LogP contribution in [0.15, 0.2) is 47.1 Å². The molecule has 2 rings (SSSR count). The summed E-state index contributed by atoms with van der Waals surface area (Å²) < 4.78 is 42.6. The van der Waals surface area contributed by atoms with Crippen molar-refractivity contribution in [2.24, 2.45) is 0 Å². The lowest BCUT2D eigenvalue weighted by Gasteiger charge is -2.08. The first-order chi connectivity index (χ1) is 9.45. The van der Waals surface area contributed by atoms with Crippen molar-refractivity contribution in [1.29, 1.82) is 0 Å². The van der Waals surface area contributed by atoms with Gasteiger partial charge in [-0.3, -0.25) is 4.79 Å². The molecule has 0 radical (unpaired) electrons. The third-order valence-electron chi connectivity index (χ3n) is 2.66. The highest BCUT2D eigenvalue weighted by Crippen LogP contribution is 2.29. The van der Waals surface area contributed by atoms with Crippen molar-refractivity contribution >= 4 is 5.91 Å². The molecule has 2 aromatic rings. The van der Waals surface area contributed by atoms with Gasteiger partial charge >= 0.3 is 6.18 Å². The number of amides is 1. The number of halogens is 3. The Balaban J connectivity index is 1.94. The molecule has 1 N–H and O–H groups in total. The van der Waals surface area contributed by atoms with Gasteiger partial charge in [0.2, 0.25) is 5.91 Å². The van der Waals surface area contributed by atoms with Crippen LogP contribution in [0.5, 0.6) is 0 Å². The van der Waals surface area contributed by atoms with Gasteiger partial charge in [0, 0.05) is 0 Å². The van der Waals surface area contributed by atoms with Crippen molar-refractivity contribution in [3.8, 4) is 0 Å². The van der Waals surface area contributed by atoms with Crippen LogP contribution in [0, 0.1) is 0 Å². The number of carbonyl (C=O) groups excluding carboxylic acids is 1. The minimum atomic E-state index is -4.40. The Bertz CT molecular complexity index is 576. The Morgan fingerprint density at radius 2 is 2.00 bits per heavy atom. The van der Waals surface area contributed by atoms with E-state index in [4.69, 9.17) is 4.42 Å². The molecule has 0 unspecified atom stereocenters. The highest BCUT2D eigenvalue weighted by Gasteiger charge is 2.30. The van der Waals surface area contributed by atoms with Gasteiger partial charge in [-0.1, -0.05) is 18.2 Å². The number of hydrogen-bond donors (Lipinski definition) is 1. The number of nitrogens with one attached hydrogen (secondary N) is 1. The summed E-state index contributed by atoms with van der Waals surface area (Å²) in [5.41, 5.74) is -0.439. The van der Waals surface area contributed by atoms with Gasteiger partial charge in [0.25, 0.3) is 0 Å². The molecule has 0 aliphatic heterocycles. The quantitative estimate of drug-likeness (QED) is 0.936. The van der Waals surface area contributed by atoms with E-state index in [2.05, 4.69) is 5.32 Å². The average Bonchev–Trinajstić information content (AvgIpc) is 2.89. The minimum Gasteiger partial charge on any atom is -0.467 e. The maximum atomic E-state index is 12.5. The first kappa shape index (κ1) is 14.2. The molecule has 106 valence electrons. The molecule has 20 heavy (non-hydrogen) atoms. The standard InChI is InChI=1S/C14H12F3NO2/c15-14(16,17)11-4-1-3-10(7-11)8-13(19)18-9-12-5-2-6-20-12/h1-7H,8-9H2,(H,18,19). The van der Waals surface area contributed by atoms with E-state index in [1.807, 2.05) is 0 Å². The zero-order valence-electron chi connectivity index (χ0n) is 10.4. The third-order valence-corrected chi connectivity index (χ3v) is 2.66. The largest absolute Gasteiger partial charge is 0.467 e. The van der Waals surface area contributed by atoms with Gasteiger partial charge < -0.3 is 9.73 Å². The summed E-state index contributed by atoms with van der Waals surface area (Å²) in [5, 5.41) is 2.58. The van der Waals surface area contributed by atoms with Crippen LogP contribution in [0.3, 0.4) is 0 Å². The number of hydrogen-bond acceptors (Lipinski definition) is 2. The fourth-order valence-electron chi connectivity index (χ4n) is 1.70. The fraction of sp³-hybridized carbons (Fsp3) is 0.214. The van der Waals surface area contributed by atoms with Crippen molar-refractivity contribution < 1.29 is 22.4 Å². The monoisotopic (exact) mass is 283 g/mol. The summed E-state index contributed by atoms with van der Waals surface area (Å²) in [6, 6.07) is 8.12. The molecule has 1 amide bonds. The molecular weight excluding hydrogens is 271 g/mol. The average molecular weight is 283 g/mol. The van der Waals surface area contributed by atoms with E-state index < -0.39 is 11.7 Å². The van der Waals surface area contributed by atoms with Crippen LogP contribution in [-0.2, 0) is 23.9 Å². The lowest BCUT2D eigenvalue weighted by Crippen LogP contribution is -2.24. The Labute approximate surface area is 113 Å². The summed E-state index contributed by atoms with van der Waals surface area (Å²) in [5.74, 6) is 0.225. The predicted molar refractivity (Wildman–Crippen MR) is 65.7 cm³/mol. The van der Waals surface area contributed by atoms with Crippen molar-refractivity contribution in [1.82, 2.24) is 5.32 Å². The van der Waals surface area contributed by atoms with Crippen LogP contribution in [0.4, 0.5) is 13.2 Å². The SMILES string of the molecule is O=C(Cc1cccc(C(F)(F)F)c1)NCc1ccco1. The van der Waals surface area contributed by atoms with Crippen LogP contribution < -0.4 is 5.32 Å². The van der Waals surface area contributed by atoms with Crippen molar-refractivity contribution in [3.05, 3.63) is 59.5 Å². The summed E-state index contributed by atoms with van der Waals surface area (Å²) in [6.45, 7) is 0.213. The Hall–Kier alpha value is -2.24. The van der Waals surface area contributed by atoms with E-state index >= 15 is 0 Å². The minimum absolute atomic E-state index is 0.107. The topological polar surface area (TPSA) is 42.2 Å². The fourth-order valence-corrected chi connectivity index (χ4v) is 1.70. The Morgan fingerprint density at radius 3 is 2.65 bits per heavy atom. The molecule has 0 saturated heterocycles. The van der Waals surface area contributed by atoms with Crippen LogP contribution in [0.25, 0.3) is 0 Å². The van der Waals surface area contributed by atoms with Gasteiger partial charge in [0.05, 0.1) is 24.8 Å². The molecule has 3 nitrogen and oxygen atoms in total. The van der Waals surface area contributed by atoms with Gasteiger partial charge in [0.1, 0.15) is 5.76 Å². The van der Waals surface area contributed by atoms with E-state index in [1.54, 1.807) is 12.1 Å². The van der Waals surface area contributed by atoms with Crippen LogP contribution in [-0.4, -0.2) is 5.91 Å². The van der Waals surface area contributed by atoms with E-state index in [0.29, 0.717) is 11.3 Å². The highest BCUT2D eigenvalue weighted by molar-refractivity contribution is 5.78. The molecule has 1 heterocycles. The molecule has 0 bridgehead atoms. The van der Waals surface area contributed by atoms with Gasteiger partial charge in [-0.15, -0.1) is 0 Å². The molecule has 0 aliphatic carbocycles. The van der Waals surface area contributed by atoms with Gasteiger partial charge in [-0.2, -0.15) is 13.2 Å². The van der Waals surface area contributed by atoms with Gasteiger partial charge in [-0.25, -0.2) is 0 Å². The second kappa shape index (κ2) is 5.81. The molecule has 0 spiro atoms. The first-order valence-corrected chi connectivity index (χ1v) is 5.90. The summed E-state index contributed by atoms with van der Waals surface area (Å²) in [4.78, 5) is 11.6.